The predicted octanol–water partition coefficient (Wildman–Crippen LogP) is 2.17. The van der Waals surface area contributed by atoms with Crippen molar-refractivity contribution in [3.8, 4) is 5.75 Å². The van der Waals surface area contributed by atoms with E-state index in [0.717, 1.165) is 5.75 Å². The third-order valence-corrected chi connectivity index (χ3v) is 5.02. The van der Waals surface area contributed by atoms with Gasteiger partial charge in [0.15, 0.2) is 0 Å². The lowest BCUT2D eigenvalue weighted by Gasteiger charge is -2.31. The van der Waals surface area contributed by atoms with Crippen molar-refractivity contribution in [2.24, 2.45) is 0 Å². The minimum atomic E-state index is -0.694. The fourth-order valence-corrected chi connectivity index (χ4v) is 3.42. The Labute approximate surface area is 166 Å². The lowest BCUT2D eigenvalue weighted by molar-refractivity contribution is -0.144. The zero-order chi connectivity index (χ0) is 20.4. The molecular weight excluding hydrogens is 372 g/mol. The number of benzene rings is 2. The summed E-state index contributed by atoms with van der Waals surface area (Å²) in [6.07, 6.45) is 1.37. The van der Waals surface area contributed by atoms with E-state index >= 15 is 0 Å². The molecule has 29 heavy (non-hydrogen) atoms. The van der Waals surface area contributed by atoms with Gasteiger partial charge in [-0.25, -0.2) is 4.79 Å². The van der Waals surface area contributed by atoms with Crippen molar-refractivity contribution in [3.05, 3.63) is 58.5 Å². The van der Waals surface area contributed by atoms with E-state index < -0.39 is 11.8 Å². The number of nitrogens with one attached hydrogen (secondary N) is 3. The summed E-state index contributed by atoms with van der Waals surface area (Å²) >= 11 is 0. The molecule has 0 bridgehead atoms. The Morgan fingerprint density at radius 1 is 1.03 bits per heavy atom. The molecule has 8 heteroatoms. The Hall–Kier alpha value is -3.55. The van der Waals surface area contributed by atoms with Gasteiger partial charge in [-0.15, -0.1) is 0 Å². The van der Waals surface area contributed by atoms with Crippen molar-refractivity contribution < 1.29 is 14.3 Å². The number of imidazole rings is 1. The van der Waals surface area contributed by atoms with Crippen molar-refractivity contribution in [1.82, 2.24) is 14.9 Å². The van der Waals surface area contributed by atoms with E-state index in [4.69, 9.17) is 4.74 Å². The molecule has 1 aliphatic heterocycles. The summed E-state index contributed by atoms with van der Waals surface area (Å²) in [5, 5.41) is 2.60. The van der Waals surface area contributed by atoms with E-state index in [9.17, 15) is 14.4 Å². The van der Waals surface area contributed by atoms with Gasteiger partial charge >= 0.3 is 17.5 Å². The molecule has 0 spiro atoms. The summed E-state index contributed by atoms with van der Waals surface area (Å²) in [6.45, 7) is 2.95. The van der Waals surface area contributed by atoms with Crippen molar-refractivity contribution >= 4 is 28.5 Å². The number of fused-ring (bicyclic) bond motifs is 1. The fraction of sp³-hybridized carbons (Fsp3) is 0.286. The smallest absolute Gasteiger partial charge is 0.323 e. The van der Waals surface area contributed by atoms with Crippen molar-refractivity contribution in [3.63, 3.8) is 0 Å². The van der Waals surface area contributed by atoms with Crippen LogP contribution in [0.5, 0.6) is 5.75 Å². The van der Waals surface area contributed by atoms with E-state index in [1.807, 2.05) is 31.2 Å². The number of nitrogens with zero attached hydrogens (tertiary/aromatic N) is 1. The molecule has 1 fully saturated rings. The normalized spacial score (nSPS) is 14.7. The Morgan fingerprint density at radius 2 is 1.72 bits per heavy atom. The topological polar surface area (TPSA) is 107 Å². The number of aromatic nitrogens is 2. The molecule has 1 aliphatic rings. The van der Waals surface area contributed by atoms with Gasteiger partial charge in [0.05, 0.1) is 11.0 Å². The van der Waals surface area contributed by atoms with Crippen LogP contribution in [0.15, 0.2) is 47.3 Å². The molecule has 0 radical (unpaired) electrons. The second-order valence-corrected chi connectivity index (χ2v) is 7.22. The molecule has 0 saturated carbocycles. The molecule has 0 aliphatic carbocycles. The number of anilines is 1. The van der Waals surface area contributed by atoms with Gasteiger partial charge in [0.25, 0.3) is 0 Å². The molecule has 8 nitrogen and oxygen atoms in total. The van der Waals surface area contributed by atoms with Crippen molar-refractivity contribution in [1.29, 1.82) is 0 Å². The summed E-state index contributed by atoms with van der Waals surface area (Å²) in [5.74, 6) is -0.446. The van der Waals surface area contributed by atoms with E-state index in [1.165, 1.54) is 5.56 Å². The Balaban J connectivity index is 1.31. The van der Waals surface area contributed by atoms with Crippen LogP contribution in [0.2, 0.25) is 0 Å². The first-order valence-corrected chi connectivity index (χ1v) is 9.53. The molecular formula is C21H22N4O4. The molecule has 2 aromatic carbocycles. The van der Waals surface area contributed by atoms with Crippen LogP contribution in [-0.2, 0) is 9.59 Å². The van der Waals surface area contributed by atoms with Gasteiger partial charge in [0, 0.05) is 31.6 Å². The van der Waals surface area contributed by atoms with Gasteiger partial charge in [-0.05, 0) is 37.3 Å². The maximum atomic E-state index is 12.5. The maximum Gasteiger partial charge on any atom is 0.323 e. The number of H-pyrrole nitrogens is 2. The van der Waals surface area contributed by atoms with Crippen molar-refractivity contribution in [2.45, 2.75) is 25.9 Å². The zero-order valence-electron chi connectivity index (χ0n) is 16.0. The fourth-order valence-electron chi connectivity index (χ4n) is 3.42. The first kappa shape index (κ1) is 18.8. The number of aromatic amines is 2. The molecule has 150 valence electrons. The third kappa shape index (κ3) is 4.31. The number of ether oxygens (including phenoxy) is 1. The molecule has 3 aromatic rings. The SMILES string of the molecule is Cc1ccc(OC2CCN(C(=O)C(=O)Nc3ccc4[nH]c(=O)[nH]c4c3)CC2)cc1. The van der Waals surface area contributed by atoms with Gasteiger partial charge in [0.2, 0.25) is 0 Å². The second kappa shape index (κ2) is 7.83. The number of aryl methyl sites for hydroxylation is 1. The number of hydrogen-bond acceptors (Lipinski definition) is 4. The predicted molar refractivity (Wildman–Crippen MR) is 109 cm³/mol. The molecule has 0 atom stereocenters. The molecule has 4 rings (SSSR count). The van der Waals surface area contributed by atoms with Crippen LogP contribution in [0.3, 0.4) is 0 Å². The number of rotatable bonds is 3. The van der Waals surface area contributed by atoms with Crippen LogP contribution >= 0.6 is 0 Å². The van der Waals surface area contributed by atoms with E-state index in [0.29, 0.717) is 42.7 Å². The highest BCUT2D eigenvalue weighted by Crippen LogP contribution is 2.20. The summed E-state index contributed by atoms with van der Waals surface area (Å²) in [5.41, 5.74) is 2.49. The summed E-state index contributed by atoms with van der Waals surface area (Å²) < 4.78 is 5.97. The standard InChI is InChI=1S/C21H22N4O4/c1-13-2-5-15(6-3-13)29-16-8-10-25(11-9-16)20(27)19(26)22-14-4-7-17-18(12-14)24-21(28)23-17/h2-7,12,16H,8-11H2,1H3,(H,22,26)(H2,23,24,28). The zero-order valence-corrected chi connectivity index (χ0v) is 16.0. The molecule has 3 N–H and O–H groups in total. The summed E-state index contributed by atoms with van der Waals surface area (Å²) in [7, 11) is 0. The van der Waals surface area contributed by atoms with E-state index in [2.05, 4.69) is 15.3 Å². The number of hydrogen-bond donors (Lipinski definition) is 3. The van der Waals surface area contributed by atoms with Crippen LogP contribution < -0.4 is 15.7 Å². The first-order chi connectivity index (χ1) is 14.0. The maximum absolute atomic E-state index is 12.5. The monoisotopic (exact) mass is 394 g/mol. The minimum absolute atomic E-state index is 0.0256. The van der Waals surface area contributed by atoms with Crippen LogP contribution in [0.4, 0.5) is 5.69 Å². The number of amides is 2. The molecule has 1 aromatic heterocycles. The first-order valence-electron chi connectivity index (χ1n) is 9.53. The Bertz CT molecular complexity index is 1090. The lowest BCUT2D eigenvalue weighted by atomic mass is 10.1. The highest BCUT2D eigenvalue weighted by Gasteiger charge is 2.28. The largest absolute Gasteiger partial charge is 0.490 e. The highest BCUT2D eigenvalue weighted by atomic mass is 16.5. The molecule has 2 heterocycles. The summed E-state index contributed by atoms with van der Waals surface area (Å²) in [6, 6.07) is 12.8. The van der Waals surface area contributed by atoms with E-state index in [-0.39, 0.29) is 11.8 Å². The van der Waals surface area contributed by atoms with Crippen LogP contribution in [0.25, 0.3) is 11.0 Å². The van der Waals surface area contributed by atoms with Gasteiger partial charge in [-0.1, -0.05) is 17.7 Å². The minimum Gasteiger partial charge on any atom is -0.490 e. The van der Waals surface area contributed by atoms with Crippen molar-refractivity contribution in [2.75, 3.05) is 18.4 Å². The second-order valence-electron chi connectivity index (χ2n) is 7.22. The average molecular weight is 394 g/mol. The number of piperidine rings is 1. The molecule has 2 amide bonds. The Kier molecular flexibility index (Phi) is 5.07. The van der Waals surface area contributed by atoms with Crippen LogP contribution in [-0.4, -0.2) is 45.9 Å². The third-order valence-electron chi connectivity index (χ3n) is 5.02. The van der Waals surface area contributed by atoms with Crippen LogP contribution in [0.1, 0.15) is 18.4 Å². The highest BCUT2D eigenvalue weighted by molar-refractivity contribution is 6.39. The van der Waals surface area contributed by atoms with Gasteiger partial charge < -0.3 is 24.9 Å². The number of likely N-dealkylation sites (tertiary alicyclic amines) is 1. The molecule has 0 unspecified atom stereocenters. The van der Waals surface area contributed by atoms with Crippen LogP contribution in [0, 0.1) is 6.92 Å². The summed E-state index contributed by atoms with van der Waals surface area (Å²) in [4.78, 5) is 42.9. The van der Waals surface area contributed by atoms with E-state index in [1.54, 1.807) is 23.1 Å². The quantitative estimate of drug-likeness (QED) is 0.592. The lowest BCUT2D eigenvalue weighted by Crippen LogP contribution is -2.46. The van der Waals surface area contributed by atoms with Gasteiger partial charge in [-0.2, -0.15) is 0 Å². The Morgan fingerprint density at radius 3 is 2.45 bits per heavy atom. The molecule has 1 saturated heterocycles. The number of carbonyl (C=O) groups is 2. The van der Waals surface area contributed by atoms with Gasteiger partial charge in [0.1, 0.15) is 11.9 Å². The van der Waals surface area contributed by atoms with Gasteiger partial charge in [-0.3, -0.25) is 9.59 Å². The number of carbonyl (C=O) groups excluding carboxylic acids is 2. The average Bonchev–Trinajstić information content (AvgIpc) is 3.09.